The zero-order valence-electron chi connectivity index (χ0n) is 16.9. The van der Waals surface area contributed by atoms with Crippen molar-refractivity contribution in [1.29, 1.82) is 0 Å². The quantitative estimate of drug-likeness (QED) is 0.612. The summed E-state index contributed by atoms with van der Waals surface area (Å²) in [5, 5.41) is 5.38. The van der Waals surface area contributed by atoms with Gasteiger partial charge in [0.05, 0.1) is 6.54 Å². The monoisotopic (exact) mass is 406 g/mol. The van der Waals surface area contributed by atoms with Crippen molar-refractivity contribution in [2.24, 2.45) is 0 Å². The first-order valence-electron chi connectivity index (χ1n) is 9.53. The van der Waals surface area contributed by atoms with E-state index >= 15 is 0 Å². The third kappa shape index (κ3) is 6.17. The Kier molecular flexibility index (Phi) is 6.80. The Morgan fingerprint density at radius 3 is 2.40 bits per heavy atom. The van der Waals surface area contributed by atoms with Crippen LogP contribution in [0.3, 0.4) is 0 Å². The lowest BCUT2D eigenvalue weighted by Gasteiger charge is -2.10. The van der Waals surface area contributed by atoms with E-state index in [9.17, 15) is 14.0 Å². The SMILES string of the molecule is Cc1cc(C)cc(C(=O)NCC(=O)Nc2cccc(COc3cccc(F)c3)c2)c1. The molecule has 0 aliphatic rings. The molecule has 0 atom stereocenters. The minimum Gasteiger partial charge on any atom is -0.489 e. The number of rotatable bonds is 7. The molecule has 2 N–H and O–H groups in total. The summed E-state index contributed by atoms with van der Waals surface area (Å²) in [6.45, 7) is 3.93. The van der Waals surface area contributed by atoms with Crippen LogP contribution in [-0.4, -0.2) is 18.4 Å². The molecule has 3 aromatic rings. The average Bonchev–Trinajstić information content (AvgIpc) is 2.70. The van der Waals surface area contributed by atoms with Crippen molar-refractivity contribution in [2.75, 3.05) is 11.9 Å². The molecule has 0 saturated heterocycles. The topological polar surface area (TPSA) is 67.4 Å². The maximum Gasteiger partial charge on any atom is 0.251 e. The molecule has 0 aliphatic heterocycles. The van der Waals surface area contributed by atoms with E-state index in [0.717, 1.165) is 16.7 Å². The molecule has 0 saturated carbocycles. The van der Waals surface area contributed by atoms with E-state index in [1.165, 1.54) is 12.1 Å². The lowest BCUT2D eigenvalue weighted by Crippen LogP contribution is -2.32. The summed E-state index contributed by atoms with van der Waals surface area (Å²) in [7, 11) is 0. The van der Waals surface area contributed by atoms with Crippen LogP contribution in [0.2, 0.25) is 0 Å². The van der Waals surface area contributed by atoms with Gasteiger partial charge >= 0.3 is 0 Å². The second-order valence-corrected chi connectivity index (χ2v) is 7.05. The van der Waals surface area contributed by atoms with Gasteiger partial charge in [0.2, 0.25) is 5.91 Å². The van der Waals surface area contributed by atoms with Crippen LogP contribution in [-0.2, 0) is 11.4 Å². The minimum atomic E-state index is -0.364. The molecule has 6 heteroatoms. The van der Waals surface area contributed by atoms with E-state index in [1.54, 1.807) is 42.5 Å². The number of amides is 2. The van der Waals surface area contributed by atoms with Crippen molar-refractivity contribution in [3.05, 3.63) is 94.8 Å². The highest BCUT2D eigenvalue weighted by molar-refractivity contribution is 5.99. The van der Waals surface area contributed by atoms with Crippen molar-refractivity contribution in [3.63, 3.8) is 0 Å². The number of benzene rings is 3. The number of aryl methyl sites for hydroxylation is 2. The Bertz CT molecular complexity index is 1050. The van der Waals surface area contributed by atoms with Crippen LogP contribution in [0.1, 0.15) is 27.0 Å². The minimum absolute atomic E-state index is 0.143. The van der Waals surface area contributed by atoms with Gasteiger partial charge in [0.1, 0.15) is 18.2 Å². The van der Waals surface area contributed by atoms with Gasteiger partial charge in [-0.25, -0.2) is 4.39 Å². The smallest absolute Gasteiger partial charge is 0.251 e. The average molecular weight is 406 g/mol. The van der Waals surface area contributed by atoms with Crippen LogP contribution in [0.25, 0.3) is 0 Å². The number of nitrogens with one attached hydrogen (secondary N) is 2. The molecule has 0 aliphatic carbocycles. The number of anilines is 1. The normalized spacial score (nSPS) is 10.4. The lowest BCUT2D eigenvalue weighted by molar-refractivity contribution is -0.115. The number of hydrogen-bond acceptors (Lipinski definition) is 3. The lowest BCUT2D eigenvalue weighted by atomic mass is 10.1. The molecule has 0 unspecified atom stereocenters. The standard InChI is InChI=1S/C24H23FN2O3/c1-16-9-17(2)11-19(10-16)24(29)26-14-23(28)27-21-7-3-5-18(12-21)15-30-22-8-4-6-20(25)13-22/h3-13H,14-15H2,1-2H3,(H,26,29)(H,27,28). The molecule has 0 fully saturated rings. The molecule has 0 bridgehead atoms. The summed E-state index contributed by atoms with van der Waals surface area (Å²) in [6.07, 6.45) is 0. The fourth-order valence-corrected chi connectivity index (χ4v) is 3.04. The molecule has 154 valence electrons. The molecule has 2 amide bonds. The highest BCUT2D eigenvalue weighted by atomic mass is 19.1. The van der Waals surface area contributed by atoms with Crippen molar-refractivity contribution < 1.29 is 18.7 Å². The van der Waals surface area contributed by atoms with E-state index in [4.69, 9.17) is 4.74 Å². The number of carbonyl (C=O) groups is 2. The Morgan fingerprint density at radius 2 is 1.67 bits per heavy atom. The first-order valence-corrected chi connectivity index (χ1v) is 9.53. The van der Waals surface area contributed by atoms with Gasteiger partial charge in [0.25, 0.3) is 5.91 Å². The van der Waals surface area contributed by atoms with Gasteiger partial charge in [0.15, 0.2) is 0 Å². The van der Waals surface area contributed by atoms with Crippen LogP contribution < -0.4 is 15.4 Å². The summed E-state index contributed by atoms with van der Waals surface area (Å²) in [4.78, 5) is 24.5. The fourth-order valence-electron chi connectivity index (χ4n) is 3.04. The maximum atomic E-state index is 13.2. The van der Waals surface area contributed by atoms with Gasteiger partial charge in [-0.15, -0.1) is 0 Å². The van der Waals surface area contributed by atoms with Crippen LogP contribution in [0, 0.1) is 19.7 Å². The van der Waals surface area contributed by atoms with Crippen molar-refractivity contribution in [1.82, 2.24) is 5.32 Å². The molecule has 0 radical (unpaired) electrons. The van der Waals surface area contributed by atoms with Crippen molar-refractivity contribution >= 4 is 17.5 Å². The third-order valence-electron chi connectivity index (χ3n) is 4.31. The van der Waals surface area contributed by atoms with Crippen LogP contribution in [0.5, 0.6) is 5.75 Å². The van der Waals surface area contributed by atoms with Gasteiger partial charge in [-0.2, -0.15) is 0 Å². The van der Waals surface area contributed by atoms with Crippen molar-refractivity contribution in [3.8, 4) is 5.75 Å². The predicted octanol–water partition coefficient (Wildman–Crippen LogP) is 4.39. The molecule has 30 heavy (non-hydrogen) atoms. The third-order valence-corrected chi connectivity index (χ3v) is 4.31. The van der Waals surface area contributed by atoms with Gasteiger partial charge in [-0.1, -0.05) is 35.4 Å². The Hall–Kier alpha value is -3.67. The zero-order valence-corrected chi connectivity index (χ0v) is 16.9. The van der Waals surface area contributed by atoms with Gasteiger partial charge in [-0.3, -0.25) is 9.59 Å². The molecule has 5 nitrogen and oxygen atoms in total. The molecular weight excluding hydrogens is 383 g/mol. The van der Waals surface area contributed by atoms with Gasteiger partial charge in [-0.05, 0) is 55.8 Å². The largest absolute Gasteiger partial charge is 0.489 e. The van der Waals surface area contributed by atoms with E-state index < -0.39 is 0 Å². The summed E-state index contributed by atoms with van der Waals surface area (Å²) in [5.41, 5.74) is 3.90. The molecular formula is C24H23FN2O3. The summed E-state index contributed by atoms with van der Waals surface area (Å²) in [6, 6.07) is 18.6. The van der Waals surface area contributed by atoms with E-state index in [-0.39, 0.29) is 30.8 Å². The summed E-state index contributed by atoms with van der Waals surface area (Å²) in [5.74, 6) is -0.569. The number of hydrogen-bond donors (Lipinski definition) is 2. The summed E-state index contributed by atoms with van der Waals surface area (Å²) >= 11 is 0. The number of ether oxygens (including phenoxy) is 1. The van der Waals surface area contributed by atoms with E-state index in [1.807, 2.05) is 26.0 Å². The highest BCUT2D eigenvalue weighted by Gasteiger charge is 2.09. The maximum absolute atomic E-state index is 13.2. The van der Waals surface area contributed by atoms with E-state index in [2.05, 4.69) is 10.6 Å². The molecule has 3 rings (SSSR count). The van der Waals surface area contributed by atoms with Gasteiger partial charge < -0.3 is 15.4 Å². The molecule has 3 aromatic carbocycles. The molecule has 0 aromatic heterocycles. The molecule has 0 heterocycles. The number of carbonyl (C=O) groups excluding carboxylic acids is 2. The van der Waals surface area contributed by atoms with Crippen LogP contribution >= 0.6 is 0 Å². The Morgan fingerprint density at radius 1 is 0.933 bits per heavy atom. The molecule has 0 spiro atoms. The first-order chi connectivity index (χ1) is 14.4. The second kappa shape index (κ2) is 9.69. The van der Waals surface area contributed by atoms with Crippen molar-refractivity contribution in [2.45, 2.75) is 20.5 Å². The van der Waals surface area contributed by atoms with E-state index in [0.29, 0.717) is 17.0 Å². The van der Waals surface area contributed by atoms with Gasteiger partial charge in [0, 0.05) is 17.3 Å². The second-order valence-electron chi connectivity index (χ2n) is 7.05. The van der Waals surface area contributed by atoms with Crippen LogP contribution in [0.4, 0.5) is 10.1 Å². The zero-order chi connectivity index (χ0) is 21.5. The Labute approximate surface area is 174 Å². The highest BCUT2D eigenvalue weighted by Crippen LogP contribution is 2.16. The predicted molar refractivity (Wildman–Crippen MR) is 114 cm³/mol. The Balaban J connectivity index is 1.52. The fraction of sp³-hybridized carbons (Fsp3) is 0.167. The van der Waals surface area contributed by atoms with Crippen LogP contribution in [0.15, 0.2) is 66.7 Å². The first kappa shape index (κ1) is 21.0. The number of halogens is 1. The summed E-state index contributed by atoms with van der Waals surface area (Å²) < 4.78 is 18.8.